The maximum atomic E-state index is 5.91. The molecule has 0 amide bonds. The molecule has 17 heavy (non-hydrogen) atoms. The third-order valence-corrected chi connectivity index (χ3v) is 4.23. The third-order valence-electron chi connectivity index (χ3n) is 4.03. The molecular formula is C13H19ClN2O. The molecule has 1 aromatic rings. The first kappa shape index (κ1) is 11.6. The number of halogens is 1. The predicted octanol–water partition coefficient (Wildman–Crippen LogP) is 2.68. The van der Waals surface area contributed by atoms with E-state index in [1.807, 2.05) is 12.1 Å². The van der Waals surface area contributed by atoms with Gasteiger partial charge in [0.1, 0.15) is 5.76 Å². The Morgan fingerprint density at radius 1 is 1.29 bits per heavy atom. The lowest BCUT2D eigenvalue weighted by Crippen LogP contribution is -2.47. The number of hydrogen-bond donors (Lipinski definition) is 1. The predicted molar refractivity (Wildman–Crippen MR) is 68.2 cm³/mol. The molecule has 0 aromatic carbocycles. The summed E-state index contributed by atoms with van der Waals surface area (Å²) >= 11 is 5.91. The van der Waals surface area contributed by atoms with Crippen LogP contribution in [0.15, 0.2) is 16.5 Å². The molecule has 94 valence electrons. The highest BCUT2D eigenvalue weighted by atomic mass is 35.5. The zero-order chi connectivity index (χ0) is 11.7. The monoisotopic (exact) mass is 254 g/mol. The Kier molecular flexibility index (Phi) is 3.41. The Hall–Kier alpha value is -0.510. The second kappa shape index (κ2) is 5.01. The minimum Gasteiger partial charge on any atom is -0.448 e. The van der Waals surface area contributed by atoms with Crippen molar-refractivity contribution < 1.29 is 4.42 Å². The molecule has 2 heterocycles. The molecule has 0 bridgehead atoms. The van der Waals surface area contributed by atoms with Gasteiger partial charge < -0.3 is 9.73 Å². The minimum absolute atomic E-state index is 0.443. The van der Waals surface area contributed by atoms with Crippen molar-refractivity contribution in [1.82, 2.24) is 10.2 Å². The second-order valence-electron chi connectivity index (χ2n) is 5.06. The van der Waals surface area contributed by atoms with Crippen LogP contribution in [0.3, 0.4) is 0 Å². The van der Waals surface area contributed by atoms with E-state index in [1.165, 1.54) is 19.3 Å². The topological polar surface area (TPSA) is 28.4 Å². The summed E-state index contributed by atoms with van der Waals surface area (Å²) in [7, 11) is 0. The van der Waals surface area contributed by atoms with Gasteiger partial charge in [-0.1, -0.05) is 6.42 Å². The number of hydrogen-bond acceptors (Lipinski definition) is 3. The molecule has 4 heteroatoms. The highest BCUT2D eigenvalue weighted by Crippen LogP contribution is 2.42. The molecule has 1 aliphatic carbocycles. The largest absolute Gasteiger partial charge is 0.448 e. The molecule has 1 aromatic heterocycles. The zero-order valence-electron chi connectivity index (χ0n) is 9.99. The van der Waals surface area contributed by atoms with Gasteiger partial charge >= 0.3 is 0 Å². The summed E-state index contributed by atoms with van der Waals surface area (Å²) in [6.07, 6.45) is 4.02. The van der Waals surface area contributed by atoms with E-state index in [9.17, 15) is 0 Å². The number of piperazine rings is 1. The Morgan fingerprint density at radius 2 is 2.06 bits per heavy atom. The second-order valence-corrected chi connectivity index (χ2v) is 5.44. The normalized spacial score (nSPS) is 24.5. The average molecular weight is 255 g/mol. The van der Waals surface area contributed by atoms with Gasteiger partial charge in [0.15, 0.2) is 5.22 Å². The van der Waals surface area contributed by atoms with Crippen LogP contribution in [-0.4, -0.2) is 31.1 Å². The molecule has 1 aliphatic heterocycles. The van der Waals surface area contributed by atoms with Crippen LogP contribution in [0.2, 0.25) is 5.22 Å². The highest BCUT2D eigenvalue weighted by molar-refractivity contribution is 6.28. The summed E-state index contributed by atoms with van der Waals surface area (Å²) in [6.45, 7) is 4.38. The lowest BCUT2D eigenvalue weighted by Gasteiger charge is -2.41. The Bertz CT molecular complexity index is 369. The van der Waals surface area contributed by atoms with Crippen LogP contribution < -0.4 is 5.32 Å². The van der Waals surface area contributed by atoms with Crippen molar-refractivity contribution >= 4 is 11.6 Å². The van der Waals surface area contributed by atoms with Gasteiger partial charge in [-0.05, 0) is 42.5 Å². The van der Waals surface area contributed by atoms with E-state index >= 15 is 0 Å². The Balaban J connectivity index is 1.80. The molecule has 1 saturated carbocycles. The van der Waals surface area contributed by atoms with Gasteiger partial charge in [-0.2, -0.15) is 0 Å². The van der Waals surface area contributed by atoms with Crippen molar-refractivity contribution in [3.63, 3.8) is 0 Å². The smallest absolute Gasteiger partial charge is 0.193 e. The van der Waals surface area contributed by atoms with Crippen molar-refractivity contribution in [2.75, 3.05) is 26.2 Å². The third kappa shape index (κ3) is 2.37. The van der Waals surface area contributed by atoms with Gasteiger partial charge in [-0.3, -0.25) is 4.90 Å². The SMILES string of the molecule is Clc1ccc([C@H](C2CCC2)N2CCNCC2)o1. The maximum Gasteiger partial charge on any atom is 0.193 e. The van der Waals surface area contributed by atoms with Crippen molar-refractivity contribution in [2.24, 2.45) is 5.92 Å². The van der Waals surface area contributed by atoms with Crippen LogP contribution in [0.25, 0.3) is 0 Å². The van der Waals surface area contributed by atoms with Crippen molar-refractivity contribution in [3.8, 4) is 0 Å². The summed E-state index contributed by atoms with van der Waals surface area (Å²) in [6, 6.07) is 4.36. The van der Waals surface area contributed by atoms with Crippen LogP contribution in [0, 0.1) is 5.92 Å². The van der Waals surface area contributed by atoms with Gasteiger partial charge in [0.05, 0.1) is 6.04 Å². The maximum absolute atomic E-state index is 5.91. The van der Waals surface area contributed by atoms with Gasteiger partial charge in [-0.25, -0.2) is 0 Å². The average Bonchev–Trinajstić information content (AvgIpc) is 2.71. The molecule has 2 fully saturated rings. The lowest BCUT2D eigenvalue weighted by atomic mass is 9.78. The fourth-order valence-corrected chi connectivity index (χ4v) is 3.07. The molecule has 0 spiro atoms. The van der Waals surface area contributed by atoms with Crippen molar-refractivity contribution in [1.29, 1.82) is 0 Å². The van der Waals surface area contributed by atoms with Gasteiger partial charge in [0.25, 0.3) is 0 Å². The lowest BCUT2D eigenvalue weighted by molar-refractivity contribution is 0.0686. The van der Waals surface area contributed by atoms with Crippen LogP contribution >= 0.6 is 11.6 Å². The van der Waals surface area contributed by atoms with E-state index in [0.717, 1.165) is 37.9 Å². The number of furan rings is 1. The highest BCUT2D eigenvalue weighted by Gasteiger charge is 2.35. The molecule has 1 atom stereocenters. The van der Waals surface area contributed by atoms with Gasteiger partial charge in [0, 0.05) is 26.2 Å². The number of rotatable bonds is 3. The van der Waals surface area contributed by atoms with E-state index < -0.39 is 0 Å². The van der Waals surface area contributed by atoms with E-state index in [1.54, 1.807) is 0 Å². The summed E-state index contributed by atoms with van der Waals surface area (Å²) in [4.78, 5) is 2.55. The molecule has 1 saturated heterocycles. The van der Waals surface area contributed by atoms with Crippen LogP contribution in [0.4, 0.5) is 0 Å². The molecule has 3 rings (SSSR count). The summed E-state index contributed by atoms with van der Waals surface area (Å²) in [5.74, 6) is 1.82. The number of nitrogens with zero attached hydrogens (tertiary/aromatic N) is 1. The summed E-state index contributed by atoms with van der Waals surface area (Å²) in [5, 5.41) is 3.92. The first-order valence-corrected chi connectivity index (χ1v) is 6.92. The molecule has 0 unspecified atom stereocenters. The van der Waals surface area contributed by atoms with Crippen LogP contribution in [-0.2, 0) is 0 Å². The van der Waals surface area contributed by atoms with Gasteiger partial charge in [-0.15, -0.1) is 0 Å². The molecule has 2 aliphatic rings. The van der Waals surface area contributed by atoms with Crippen molar-refractivity contribution in [2.45, 2.75) is 25.3 Å². The first-order valence-electron chi connectivity index (χ1n) is 6.54. The van der Waals surface area contributed by atoms with E-state index in [4.69, 9.17) is 16.0 Å². The fourth-order valence-electron chi connectivity index (χ4n) is 2.91. The quantitative estimate of drug-likeness (QED) is 0.899. The summed E-state index contributed by atoms with van der Waals surface area (Å²) in [5.41, 5.74) is 0. The standard InChI is InChI=1S/C13H19ClN2O/c14-12-5-4-11(17-12)13(10-2-1-3-10)16-8-6-15-7-9-16/h4-5,10,13,15H,1-3,6-9H2/t13-/m0/s1. The minimum atomic E-state index is 0.443. The molecule has 1 N–H and O–H groups in total. The van der Waals surface area contributed by atoms with Crippen LogP contribution in [0.5, 0.6) is 0 Å². The zero-order valence-corrected chi connectivity index (χ0v) is 10.7. The Labute approximate surface area is 107 Å². The number of nitrogens with one attached hydrogen (secondary N) is 1. The molecular weight excluding hydrogens is 236 g/mol. The van der Waals surface area contributed by atoms with E-state index in [2.05, 4.69) is 10.2 Å². The van der Waals surface area contributed by atoms with Crippen molar-refractivity contribution in [3.05, 3.63) is 23.1 Å². The molecule has 0 radical (unpaired) electrons. The first-order chi connectivity index (χ1) is 8.34. The van der Waals surface area contributed by atoms with Crippen LogP contribution in [0.1, 0.15) is 31.1 Å². The van der Waals surface area contributed by atoms with E-state index in [0.29, 0.717) is 11.3 Å². The fraction of sp³-hybridized carbons (Fsp3) is 0.692. The molecule has 3 nitrogen and oxygen atoms in total. The summed E-state index contributed by atoms with van der Waals surface area (Å²) < 4.78 is 5.66. The Morgan fingerprint density at radius 3 is 2.59 bits per heavy atom. The van der Waals surface area contributed by atoms with E-state index in [-0.39, 0.29) is 0 Å². The van der Waals surface area contributed by atoms with Gasteiger partial charge in [0.2, 0.25) is 0 Å².